The first kappa shape index (κ1) is 27.7. The van der Waals surface area contributed by atoms with Gasteiger partial charge in [0.1, 0.15) is 5.52 Å². The number of nitrogens with zero attached hydrogens (tertiary/aromatic N) is 5. The first-order valence-corrected chi connectivity index (χ1v) is 16.5. The Balaban J connectivity index is 1.17. The van der Waals surface area contributed by atoms with Crippen LogP contribution in [0.15, 0.2) is 144 Å². The third kappa shape index (κ3) is 4.14. The van der Waals surface area contributed by atoms with Crippen LogP contribution in [0.3, 0.4) is 0 Å². The molecule has 0 spiro atoms. The third-order valence-corrected chi connectivity index (χ3v) is 10.0. The minimum absolute atomic E-state index is 0.151. The largest absolute Gasteiger partial charge is 0.443 e. The lowest BCUT2D eigenvalue weighted by Crippen LogP contribution is -2.14. The van der Waals surface area contributed by atoms with Crippen molar-refractivity contribution in [1.29, 1.82) is 0 Å². The van der Waals surface area contributed by atoms with E-state index in [0.29, 0.717) is 17.5 Å². The van der Waals surface area contributed by atoms with Gasteiger partial charge in [-0.05, 0) is 59.2 Å². The van der Waals surface area contributed by atoms with Crippen molar-refractivity contribution in [1.82, 2.24) is 24.5 Å². The predicted octanol–water partition coefficient (Wildman–Crippen LogP) is 10.4. The van der Waals surface area contributed by atoms with Crippen molar-refractivity contribution < 1.29 is 4.42 Å². The van der Waals surface area contributed by atoms with Gasteiger partial charge >= 0.3 is 0 Å². The molecule has 0 radical (unpaired) electrons. The molecule has 3 heterocycles. The third-order valence-electron chi connectivity index (χ3n) is 10.0. The monoisotopic (exact) mass is 631 g/mol. The Labute approximate surface area is 282 Å². The Morgan fingerprint density at radius 1 is 0.551 bits per heavy atom. The van der Waals surface area contributed by atoms with Crippen molar-refractivity contribution in [3.8, 4) is 51.0 Å². The summed E-state index contributed by atoms with van der Waals surface area (Å²) in [4.78, 5) is 19.4. The molecule has 9 aromatic rings. The Bertz CT molecular complexity index is 2680. The van der Waals surface area contributed by atoms with E-state index in [1.165, 1.54) is 22.1 Å². The molecule has 0 atom stereocenters. The fourth-order valence-corrected chi connectivity index (χ4v) is 7.61. The van der Waals surface area contributed by atoms with E-state index in [2.05, 4.69) is 96.2 Å². The lowest BCUT2D eigenvalue weighted by atomic mass is 9.82. The van der Waals surface area contributed by atoms with Crippen LogP contribution in [0, 0.1) is 0 Å². The van der Waals surface area contributed by atoms with Crippen LogP contribution in [-0.4, -0.2) is 24.5 Å². The molecule has 0 saturated heterocycles. The fourth-order valence-electron chi connectivity index (χ4n) is 7.61. The van der Waals surface area contributed by atoms with Gasteiger partial charge < -0.3 is 8.98 Å². The summed E-state index contributed by atoms with van der Waals surface area (Å²) in [5.74, 6) is 1.93. The van der Waals surface area contributed by atoms with Crippen molar-refractivity contribution in [2.75, 3.05) is 0 Å². The number of hydrogen-bond donors (Lipinski definition) is 0. The second-order valence-corrected chi connectivity index (χ2v) is 13.2. The summed E-state index contributed by atoms with van der Waals surface area (Å²) in [5, 5.41) is 2.30. The second-order valence-electron chi connectivity index (χ2n) is 13.2. The zero-order valence-electron chi connectivity index (χ0n) is 26.9. The maximum Gasteiger partial charge on any atom is 0.182 e. The van der Waals surface area contributed by atoms with E-state index in [9.17, 15) is 0 Å². The summed E-state index contributed by atoms with van der Waals surface area (Å²) in [7, 11) is 0. The van der Waals surface area contributed by atoms with Crippen molar-refractivity contribution in [3.63, 3.8) is 0 Å². The molecule has 0 N–H and O–H groups in total. The smallest absolute Gasteiger partial charge is 0.182 e. The highest BCUT2D eigenvalue weighted by Gasteiger charge is 2.38. The quantitative estimate of drug-likeness (QED) is 0.193. The predicted molar refractivity (Wildman–Crippen MR) is 196 cm³/mol. The van der Waals surface area contributed by atoms with Gasteiger partial charge in [0.2, 0.25) is 0 Å². The number of para-hydroxylation sites is 1. The van der Waals surface area contributed by atoms with Gasteiger partial charge in [-0.2, -0.15) is 0 Å². The number of benzene rings is 6. The van der Waals surface area contributed by atoms with Gasteiger partial charge in [0.25, 0.3) is 0 Å². The highest BCUT2D eigenvalue weighted by atomic mass is 16.3. The topological polar surface area (TPSA) is 69.6 Å². The van der Waals surface area contributed by atoms with E-state index in [-0.39, 0.29) is 5.41 Å². The molecule has 6 aromatic carbocycles. The minimum atomic E-state index is -0.151. The number of rotatable bonds is 4. The molecule has 6 nitrogen and oxygen atoms in total. The zero-order valence-corrected chi connectivity index (χ0v) is 26.9. The molecule has 1 aliphatic rings. The van der Waals surface area contributed by atoms with E-state index in [1.807, 2.05) is 60.7 Å². The van der Waals surface area contributed by atoms with Gasteiger partial charge in [-0.1, -0.05) is 105 Å². The SMILES string of the molecule is CC1(C)c2ccc(-n3c4ccccc4c4cc(-c5nc(-c6ccccc6)nc(-c6ccccc6)n5)ccc43)cc2-c2c1ccc1ncoc21. The molecule has 10 rings (SSSR count). The molecule has 1 aliphatic carbocycles. The summed E-state index contributed by atoms with van der Waals surface area (Å²) in [5.41, 5.74) is 12.6. The number of aromatic nitrogens is 5. The molecule has 0 amide bonds. The second kappa shape index (κ2) is 10.3. The van der Waals surface area contributed by atoms with E-state index < -0.39 is 0 Å². The summed E-state index contributed by atoms with van der Waals surface area (Å²) in [6, 6.07) is 46.4. The Morgan fingerprint density at radius 2 is 1.18 bits per heavy atom. The van der Waals surface area contributed by atoms with Crippen LogP contribution in [0.2, 0.25) is 0 Å². The first-order valence-electron chi connectivity index (χ1n) is 16.5. The molecule has 0 aliphatic heterocycles. The molecule has 0 saturated carbocycles. The minimum Gasteiger partial charge on any atom is -0.443 e. The van der Waals surface area contributed by atoms with Crippen molar-refractivity contribution in [3.05, 3.63) is 151 Å². The van der Waals surface area contributed by atoms with E-state index in [1.54, 1.807) is 6.39 Å². The van der Waals surface area contributed by atoms with Gasteiger partial charge in [-0.25, -0.2) is 19.9 Å². The molecule has 3 aromatic heterocycles. The van der Waals surface area contributed by atoms with E-state index in [4.69, 9.17) is 19.4 Å². The molecule has 0 unspecified atom stereocenters. The van der Waals surface area contributed by atoms with Gasteiger partial charge in [-0.15, -0.1) is 0 Å². The number of oxazole rings is 1. The molecule has 232 valence electrons. The maximum atomic E-state index is 5.98. The Hall–Kier alpha value is -6.40. The van der Waals surface area contributed by atoms with E-state index in [0.717, 1.165) is 55.5 Å². The van der Waals surface area contributed by atoms with Crippen molar-refractivity contribution in [2.45, 2.75) is 19.3 Å². The van der Waals surface area contributed by atoms with Crippen LogP contribution in [0.5, 0.6) is 0 Å². The van der Waals surface area contributed by atoms with Crippen LogP contribution in [0.1, 0.15) is 25.0 Å². The normalized spacial score (nSPS) is 13.3. The van der Waals surface area contributed by atoms with E-state index >= 15 is 0 Å². The Morgan fingerprint density at radius 3 is 1.92 bits per heavy atom. The standard InChI is InChI=1S/C43H29N5O/c1-43(2)33-19-18-29(24-32(33)38-34(43)20-21-35-39(38)49-25-44-35)48-36-16-10-9-15-30(36)31-23-28(17-22-37(31)48)42-46-40(26-11-5-3-6-12-26)45-41(47-42)27-13-7-4-8-14-27/h3-25H,1-2H3. The lowest BCUT2D eigenvalue weighted by Gasteiger charge is -2.21. The molecular weight excluding hydrogens is 603 g/mol. The first-order chi connectivity index (χ1) is 24.0. The highest BCUT2D eigenvalue weighted by molar-refractivity contribution is 6.10. The fraction of sp³-hybridized carbons (Fsp3) is 0.0698. The van der Waals surface area contributed by atoms with Crippen molar-refractivity contribution in [2.24, 2.45) is 0 Å². The van der Waals surface area contributed by atoms with Crippen LogP contribution < -0.4 is 0 Å². The summed E-state index contributed by atoms with van der Waals surface area (Å²) >= 11 is 0. The Kier molecular flexibility index (Phi) is 5.82. The van der Waals surface area contributed by atoms with Gasteiger partial charge in [0, 0.05) is 44.1 Å². The summed E-state index contributed by atoms with van der Waals surface area (Å²) in [6.07, 6.45) is 1.54. The van der Waals surface area contributed by atoms with Gasteiger partial charge in [0.05, 0.1) is 11.0 Å². The highest BCUT2D eigenvalue weighted by Crippen LogP contribution is 2.52. The lowest BCUT2D eigenvalue weighted by molar-refractivity contribution is 0.601. The zero-order chi connectivity index (χ0) is 32.7. The maximum absolute atomic E-state index is 5.98. The molecule has 0 fully saturated rings. The van der Waals surface area contributed by atoms with Crippen LogP contribution >= 0.6 is 0 Å². The number of hydrogen-bond acceptors (Lipinski definition) is 5. The number of fused-ring (bicyclic) bond motifs is 8. The molecule has 0 bridgehead atoms. The van der Waals surface area contributed by atoms with Crippen LogP contribution in [0.4, 0.5) is 0 Å². The van der Waals surface area contributed by atoms with Gasteiger partial charge in [-0.3, -0.25) is 0 Å². The van der Waals surface area contributed by atoms with Gasteiger partial charge in [0.15, 0.2) is 29.4 Å². The molecule has 6 heteroatoms. The van der Waals surface area contributed by atoms with Crippen LogP contribution in [0.25, 0.3) is 83.9 Å². The molecule has 49 heavy (non-hydrogen) atoms. The molecular formula is C43H29N5O. The van der Waals surface area contributed by atoms with Crippen LogP contribution in [-0.2, 0) is 5.41 Å². The summed E-state index contributed by atoms with van der Waals surface area (Å²) in [6.45, 7) is 4.57. The summed E-state index contributed by atoms with van der Waals surface area (Å²) < 4.78 is 8.34. The average molecular weight is 632 g/mol. The van der Waals surface area contributed by atoms with Crippen molar-refractivity contribution >= 4 is 32.9 Å². The average Bonchev–Trinajstić information content (AvgIpc) is 3.83.